The van der Waals surface area contributed by atoms with Crippen molar-refractivity contribution < 1.29 is 0 Å². The molecule has 19 heavy (non-hydrogen) atoms. The van der Waals surface area contributed by atoms with Crippen LogP contribution in [0.5, 0.6) is 0 Å². The molecular weight excluding hydrogens is 232 g/mol. The summed E-state index contributed by atoms with van der Waals surface area (Å²) in [5.41, 5.74) is 5.28. The first-order valence-electron chi connectivity index (χ1n) is 7.35. The lowest BCUT2D eigenvalue weighted by atomic mass is 10.1. The first-order valence-corrected chi connectivity index (χ1v) is 7.35. The summed E-state index contributed by atoms with van der Waals surface area (Å²) in [7, 11) is 0. The predicted octanol–water partition coefficient (Wildman–Crippen LogP) is 4.39. The topological polar surface area (TPSA) is 17.8 Å². The lowest BCUT2D eigenvalue weighted by Gasteiger charge is -2.06. The first kappa shape index (κ1) is 15.5. The second kappa shape index (κ2) is 7.78. The van der Waals surface area contributed by atoms with E-state index in [2.05, 4.69) is 55.8 Å². The van der Waals surface area contributed by atoms with Gasteiger partial charge in [-0.1, -0.05) is 58.0 Å². The Hall–Kier alpha value is -1.57. The molecule has 2 heteroatoms. The molecule has 0 amide bonds. The van der Waals surface area contributed by atoms with Crippen molar-refractivity contribution in [3.63, 3.8) is 0 Å². The molecular formula is C17H26N2. The van der Waals surface area contributed by atoms with Gasteiger partial charge in [0.1, 0.15) is 0 Å². The number of benzene rings is 1. The van der Waals surface area contributed by atoms with Crippen molar-refractivity contribution in [2.24, 2.45) is 0 Å². The molecule has 0 spiro atoms. The second-order valence-electron chi connectivity index (χ2n) is 4.37. The molecule has 0 bridgehead atoms. The Kier molecular flexibility index (Phi) is 6.34. The monoisotopic (exact) mass is 258 g/mol. The summed E-state index contributed by atoms with van der Waals surface area (Å²) in [6, 6.07) is 10.5. The van der Waals surface area contributed by atoms with Crippen LogP contribution in [0.3, 0.4) is 0 Å². The average molecular weight is 258 g/mol. The number of hydrogen-bond acceptors (Lipinski definition) is 1. The fourth-order valence-electron chi connectivity index (χ4n) is 2.31. The minimum Gasteiger partial charge on any atom is -0.265 e. The molecule has 2 rings (SSSR count). The van der Waals surface area contributed by atoms with Crippen LogP contribution in [0.1, 0.15) is 50.2 Å². The van der Waals surface area contributed by atoms with Crippen molar-refractivity contribution in [3.8, 4) is 0 Å². The van der Waals surface area contributed by atoms with Crippen molar-refractivity contribution in [2.45, 2.75) is 54.0 Å². The molecule has 0 aliphatic rings. The van der Waals surface area contributed by atoms with Gasteiger partial charge in [0.15, 0.2) is 0 Å². The van der Waals surface area contributed by atoms with E-state index in [-0.39, 0.29) is 0 Å². The van der Waals surface area contributed by atoms with Crippen LogP contribution in [0.4, 0.5) is 0 Å². The van der Waals surface area contributed by atoms with Gasteiger partial charge in [-0.3, -0.25) is 4.68 Å². The minimum absolute atomic E-state index is 0.880. The average Bonchev–Trinajstić information content (AvgIpc) is 2.77. The number of aryl methyl sites for hydroxylation is 1. The molecule has 0 unspecified atom stereocenters. The fourth-order valence-corrected chi connectivity index (χ4v) is 2.31. The zero-order chi connectivity index (χ0) is 14.3. The molecule has 1 aromatic carbocycles. The molecule has 0 aliphatic heterocycles. The van der Waals surface area contributed by atoms with E-state index < -0.39 is 0 Å². The third-order valence-corrected chi connectivity index (χ3v) is 3.26. The molecule has 2 nitrogen and oxygen atoms in total. The van der Waals surface area contributed by atoms with E-state index in [0.717, 1.165) is 19.4 Å². The molecule has 1 heterocycles. The van der Waals surface area contributed by atoms with Gasteiger partial charge in [0.2, 0.25) is 0 Å². The highest BCUT2D eigenvalue weighted by Gasteiger charge is 2.11. The highest BCUT2D eigenvalue weighted by atomic mass is 15.3. The molecule has 2 aromatic rings. The lowest BCUT2D eigenvalue weighted by molar-refractivity contribution is 0.640. The van der Waals surface area contributed by atoms with Gasteiger partial charge in [0.25, 0.3) is 0 Å². The van der Waals surface area contributed by atoms with E-state index in [4.69, 9.17) is 5.10 Å². The van der Waals surface area contributed by atoms with E-state index in [9.17, 15) is 0 Å². The SMILES string of the molecule is CC.CCc1nn(Cc2ccccc2)c(CC)c1C. The summed E-state index contributed by atoms with van der Waals surface area (Å²) < 4.78 is 2.16. The Labute approximate surface area is 117 Å². The van der Waals surface area contributed by atoms with Crippen molar-refractivity contribution in [3.05, 3.63) is 52.8 Å². The molecule has 0 N–H and O–H groups in total. The highest BCUT2D eigenvalue weighted by molar-refractivity contribution is 5.26. The second-order valence-corrected chi connectivity index (χ2v) is 4.37. The van der Waals surface area contributed by atoms with Crippen LogP contribution in [-0.2, 0) is 19.4 Å². The number of nitrogens with zero attached hydrogens (tertiary/aromatic N) is 2. The summed E-state index contributed by atoms with van der Waals surface area (Å²) in [4.78, 5) is 0. The largest absolute Gasteiger partial charge is 0.265 e. The molecule has 0 aliphatic carbocycles. The van der Waals surface area contributed by atoms with Crippen LogP contribution < -0.4 is 0 Å². The van der Waals surface area contributed by atoms with E-state index >= 15 is 0 Å². The van der Waals surface area contributed by atoms with Crippen LogP contribution in [0, 0.1) is 6.92 Å². The zero-order valence-electron chi connectivity index (χ0n) is 12.9. The van der Waals surface area contributed by atoms with E-state index in [1.807, 2.05) is 13.8 Å². The Bertz CT molecular complexity index is 483. The maximum absolute atomic E-state index is 4.71. The molecule has 0 saturated carbocycles. The van der Waals surface area contributed by atoms with Crippen molar-refractivity contribution >= 4 is 0 Å². The third kappa shape index (κ3) is 3.69. The van der Waals surface area contributed by atoms with Crippen LogP contribution in [0.15, 0.2) is 30.3 Å². The highest BCUT2D eigenvalue weighted by Crippen LogP contribution is 2.16. The first-order chi connectivity index (χ1) is 9.26. The Morgan fingerprint density at radius 3 is 2.16 bits per heavy atom. The summed E-state index contributed by atoms with van der Waals surface area (Å²) >= 11 is 0. The lowest BCUT2D eigenvalue weighted by Crippen LogP contribution is -2.06. The smallest absolute Gasteiger partial charge is 0.0662 e. The van der Waals surface area contributed by atoms with Crippen LogP contribution in [0.2, 0.25) is 0 Å². The van der Waals surface area contributed by atoms with Gasteiger partial charge < -0.3 is 0 Å². The zero-order valence-corrected chi connectivity index (χ0v) is 12.9. The van der Waals surface area contributed by atoms with E-state index in [1.54, 1.807) is 0 Å². The molecule has 0 fully saturated rings. The summed E-state index contributed by atoms with van der Waals surface area (Å²) in [5, 5.41) is 4.71. The van der Waals surface area contributed by atoms with Gasteiger partial charge in [-0.25, -0.2) is 0 Å². The van der Waals surface area contributed by atoms with Gasteiger partial charge in [-0.2, -0.15) is 5.10 Å². The van der Waals surface area contributed by atoms with Crippen LogP contribution >= 0.6 is 0 Å². The Balaban J connectivity index is 0.000000861. The summed E-state index contributed by atoms with van der Waals surface area (Å²) in [5.74, 6) is 0. The molecule has 1 aromatic heterocycles. The van der Waals surface area contributed by atoms with E-state index in [0.29, 0.717) is 0 Å². The fraction of sp³-hybridized carbons (Fsp3) is 0.471. The summed E-state index contributed by atoms with van der Waals surface area (Å²) in [6.07, 6.45) is 2.06. The predicted molar refractivity (Wildman–Crippen MR) is 82.6 cm³/mol. The van der Waals surface area contributed by atoms with Gasteiger partial charge >= 0.3 is 0 Å². The number of aromatic nitrogens is 2. The minimum atomic E-state index is 0.880. The van der Waals surface area contributed by atoms with Gasteiger partial charge in [-0.15, -0.1) is 0 Å². The molecule has 0 radical (unpaired) electrons. The maximum atomic E-state index is 4.71. The van der Waals surface area contributed by atoms with Gasteiger partial charge in [-0.05, 0) is 30.9 Å². The molecule has 0 atom stereocenters. The van der Waals surface area contributed by atoms with Crippen molar-refractivity contribution in [1.29, 1.82) is 0 Å². The maximum Gasteiger partial charge on any atom is 0.0662 e. The van der Waals surface area contributed by atoms with Crippen LogP contribution in [-0.4, -0.2) is 9.78 Å². The number of rotatable bonds is 4. The molecule has 0 saturated heterocycles. The van der Waals surface area contributed by atoms with Gasteiger partial charge in [0, 0.05) is 5.69 Å². The standard InChI is InChI=1S/C15H20N2.C2H6/c1-4-14-12(3)15(5-2)17(16-14)11-13-9-7-6-8-10-13;1-2/h6-10H,4-5,11H2,1-3H3;1-2H3. The third-order valence-electron chi connectivity index (χ3n) is 3.26. The summed E-state index contributed by atoms with van der Waals surface area (Å²) in [6.45, 7) is 11.4. The van der Waals surface area contributed by atoms with Crippen molar-refractivity contribution in [2.75, 3.05) is 0 Å². The normalized spacial score (nSPS) is 9.95. The van der Waals surface area contributed by atoms with Crippen molar-refractivity contribution in [1.82, 2.24) is 9.78 Å². The molecule has 104 valence electrons. The Morgan fingerprint density at radius 1 is 1.00 bits per heavy atom. The van der Waals surface area contributed by atoms with E-state index in [1.165, 1.54) is 22.5 Å². The van der Waals surface area contributed by atoms with Crippen LogP contribution in [0.25, 0.3) is 0 Å². The van der Waals surface area contributed by atoms with Gasteiger partial charge in [0.05, 0.1) is 12.2 Å². The number of hydrogen-bond donors (Lipinski definition) is 0. The Morgan fingerprint density at radius 2 is 1.63 bits per heavy atom. The quantitative estimate of drug-likeness (QED) is 0.795.